The van der Waals surface area contributed by atoms with E-state index in [0.717, 1.165) is 5.56 Å². The minimum absolute atomic E-state index is 0.0375. The van der Waals surface area contributed by atoms with Crippen molar-refractivity contribution >= 4 is 33.4 Å². The average Bonchev–Trinajstić information content (AvgIpc) is 2.44. The minimum atomic E-state index is -0.545. The number of amides is 1. The molecule has 2 nitrogen and oxygen atoms in total. The maximum absolute atomic E-state index is 13.7. The molecule has 2 aromatic rings. The molecule has 0 fully saturated rings. The second kappa shape index (κ2) is 6.86. The van der Waals surface area contributed by atoms with E-state index in [-0.39, 0.29) is 10.0 Å². The molecule has 20 heavy (non-hydrogen) atoms. The van der Waals surface area contributed by atoms with Gasteiger partial charge in [-0.2, -0.15) is 0 Å². The average molecular weight is 357 g/mol. The largest absolute Gasteiger partial charge is 0.352 e. The molecule has 1 amide bonds. The summed E-state index contributed by atoms with van der Waals surface area (Å²) >= 11 is 8.85. The lowest BCUT2D eigenvalue weighted by Crippen LogP contribution is -2.26. The first-order valence-electron chi connectivity index (χ1n) is 6.04. The Morgan fingerprint density at radius 3 is 2.60 bits per heavy atom. The van der Waals surface area contributed by atoms with Gasteiger partial charge in [0.15, 0.2) is 0 Å². The van der Waals surface area contributed by atoms with Gasteiger partial charge in [0.05, 0.1) is 10.0 Å². The van der Waals surface area contributed by atoms with E-state index in [4.69, 9.17) is 11.6 Å². The number of benzene rings is 2. The first kappa shape index (κ1) is 15.0. The Hall–Kier alpha value is -1.39. The lowest BCUT2D eigenvalue weighted by molar-refractivity contribution is 0.0950. The number of halogens is 3. The van der Waals surface area contributed by atoms with Gasteiger partial charge in [0.2, 0.25) is 0 Å². The molecule has 0 saturated carbocycles. The van der Waals surface area contributed by atoms with Crippen LogP contribution in [0, 0.1) is 5.82 Å². The van der Waals surface area contributed by atoms with Crippen LogP contribution in [0.2, 0.25) is 5.02 Å². The van der Waals surface area contributed by atoms with E-state index in [9.17, 15) is 9.18 Å². The standard InChI is InChI=1S/C15H12BrClFNO/c16-13-3-1-2-12(14(13)18)15(20)19-9-8-10-4-6-11(17)7-5-10/h1-7H,8-9H2,(H,19,20). The fourth-order valence-corrected chi connectivity index (χ4v) is 2.24. The zero-order valence-corrected chi connectivity index (χ0v) is 12.8. The van der Waals surface area contributed by atoms with Crippen LogP contribution >= 0.6 is 27.5 Å². The van der Waals surface area contributed by atoms with Crippen molar-refractivity contribution in [2.45, 2.75) is 6.42 Å². The second-order valence-electron chi connectivity index (χ2n) is 4.23. The molecule has 0 spiro atoms. The fraction of sp³-hybridized carbons (Fsp3) is 0.133. The van der Waals surface area contributed by atoms with Gasteiger partial charge in [-0.05, 0) is 52.2 Å². The van der Waals surface area contributed by atoms with Crippen LogP contribution < -0.4 is 5.32 Å². The van der Waals surface area contributed by atoms with Gasteiger partial charge in [0, 0.05) is 11.6 Å². The van der Waals surface area contributed by atoms with Crippen LogP contribution in [0.5, 0.6) is 0 Å². The molecule has 0 aliphatic carbocycles. The van der Waals surface area contributed by atoms with Crippen LogP contribution in [0.4, 0.5) is 4.39 Å². The summed E-state index contributed by atoms with van der Waals surface area (Å²) in [5, 5.41) is 3.37. The van der Waals surface area contributed by atoms with Gasteiger partial charge >= 0.3 is 0 Å². The Morgan fingerprint density at radius 1 is 1.20 bits per heavy atom. The van der Waals surface area contributed by atoms with Gasteiger partial charge in [-0.25, -0.2) is 4.39 Å². The molecule has 0 aliphatic heterocycles. The lowest BCUT2D eigenvalue weighted by atomic mass is 10.1. The molecular formula is C15H12BrClFNO. The number of rotatable bonds is 4. The molecule has 0 aromatic heterocycles. The van der Waals surface area contributed by atoms with E-state index in [2.05, 4.69) is 21.2 Å². The quantitative estimate of drug-likeness (QED) is 0.873. The third kappa shape index (κ3) is 3.81. The van der Waals surface area contributed by atoms with E-state index >= 15 is 0 Å². The molecule has 0 unspecified atom stereocenters. The highest BCUT2D eigenvalue weighted by atomic mass is 79.9. The Labute approximate surface area is 130 Å². The first-order valence-corrected chi connectivity index (χ1v) is 7.21. The van der Waals surface area contributed by atoms with Crippen molar-refractivity contribution in [1.82, 2.24) is 5.32 Å². The summed E-state index contributed by atoms with van der Waals surface area (Å²) in [6.45, 7) is 0.437. The molecule has 2 rings (SSSR count). The highest BCUT2D eigenvalue weighted by Crippen LogP contribution is 2.18. The van der Waals surface area contributed by atoms with Gasteiger partial charge < -0.3 is 5.32 Å². The zero-order valence-electron chi connectivity index (χ0n) is 10.5. The Bertz CT molecular complexity index is 616. The van der Waals surface area contributed by atoms with Crippen LogP contribution in [-0.2, 0) is 6.42 Å². The number of carbonyl (C=O) groups excluding carboxylic acids is 1. The highest BCUT2D eigenvalue weighted by Gasteiger charge is 2.13. The van der Waals surface area contributed by atoms with E-state index < -0.39 is 11.7 Å². The van der Waals surface area contributed by atoms with E-state index in [1.807, 2.05) is 12.1 Å². The SMILES string of the molecule is O=C(NCCc1ccc(Cl)cc1)c1cccc(Br)c1F. The number of hydrogen-bond donors (Lipinski definition) is 1. The van der Waals surface area contributed by atoms with Crippen molar-refractivity contribution in [3.63, 3.8) is 0 Å². The normalized spacial score (nSPS) is 10.3. The Balaban J connectivity index is 1.92. The fourth-order valence-electron chi connectivity index (χ4n) is 1.75. The van der Waals surface area contributed by atoms with Gasteiger partial charge in [0.25, 0.3) is 5.91 Å². The highest BCUT2D eigenvalue weighted by molar-refractivity contribution is 9.10. The summed E-state index contributed by atoms with van der Waals surface area (Å²) in [7, 11) is 0. The second-order valence-corrected chi connectivity index (χ2v) is 5.52. The predicted molar refractivity (Wildman–Crippen MR) is 81.6 cm³/mol. The van der Waals surface area contributed by atoms with Crippen molar-refractivity contribution < 1.29 is 9.18 Å². The minimum Gasteiger partial charge on any atom is -0.352 e. The van der Waals surface area contributed by atoms with Crippen molar-refractivity contribution in [3.8, 4) is 0 Å². The molecule has 104 valence electrons. The van der Waals surface area contributed by atoms with Crippen LogP contribution in [-0.4, -0.2) is 12.5 Å². The van der Waals surface area contributed by atoms with Gasteiger partial charge in [0.1, 0.15) is 5.82 Å². The molecule has 0 aliphatic rings. The molecule has 0 heterocycles. The summed E-state index contributed by atoms with van der Waals surface area (Å²) in [5.41, 5.74) is 1.10. The third-order valence-electron chi connectivity index (χ3n) is 2.81. The van der Waals surface area contributed by atoms with Crippen LogP contribution in [0.1, 0.15) is 15.9 Å². The number of hydrogen-bond acceptors (Lipinski definition) is 1. The van der Waals surface area contributed by atoms with Gasteiger partial charge in [-0.15, -0.1) is 0 Å². The molecule has 5 heteroatoms. The van der Waals surface area contributed by atoms with Crippen molar-refractivity contribution in [1.29, 1.82) is 0 Å². The number of carbonyl (C=O) groups is 1. The molecular weight excluding hydrogens is 345 g/mol. The summed E-state index contributed by atoms with van der Waals surface area (Å²) in [6.07, 6.45) is 0.665. The first-order chi connectivity index (χ1) is 9.58. The molecule has 1 N–H and O–H groups in total. The van der Waals surface area contributed by atoms with E-state index in [0.29, 0.717) is 18.0 Å². The van der Waals surface area contributed by atoms with Crippen molar-refractivity contribution in [2.75, 3.05) is 6.54 Å². The maximum Gasteiger partial charge on any atom is 0.254 e. The van der Waals surface area contributed by atoms with Crippen molar-refractivity contribution in [3.05, 3.63) is 68.9 Å². The van der Waals surface area contributed by atoms with Gasteiger partial charge in [-0.1, -0.05) is 29.8 Å². The Morgan fingerprint density at radius 2 is 1.90 bits per heavy atom. The predicted octanol–water partition coefficient (Wildman–Crippen LogP) is 4.21. The number of nitrogens with one attached hydrogen (secondary N) is 1. The van der Waals surface area contributed by atoms with Gasteiger partial charge in [-0.3, -0.25) is 4.79 Å². The zero-order chi connectivity index (χ0) is 14.5. The molecule has 0 bridgehead atoms. The summed E-state index contributed by atoms with van der Waals surface area (Å²) < 4.78 is 14.0. The lowest BCUT2D eigenvalue weighted by Gasteiger charge is -2.07. The molecule has 2 aromatic carbocycles. The molecule has 0 atom stereocenters. The van der Waals surface area contributed by atoms with Crippen LogP contribution in [0.25, 0.3) is 0 Å². The summed E-state index contributed by atoms with van der Waals surface area (Å²) in [4.78, 5) is 11.9. The third-order valence-corrected chi connectivity index (χ3v) is 3.67. The summed E-state index contributed by atoms with van der Waals surface area (Å²) in [5.74, 6) is -0.964. The van der Waals surface area contributed by atoms with Crippen molar-refractivity contribution in [2.24, 2.45) is 0 Å². The van der Waals surface area contributed by atoms with Crippen LogP contribution in [0.15, 0.2) is 46.9 Å². The maximum atomic E-state index is 13.7. The topological polar surface area (TPSA) is 29.1 Å². The monoisotopic (exact) mass is 355 g/mol. The van der Waals surface area contributed by atoms with E-state index in [1.165, 1.54) is 6.07 Å². The molecule has 0 radical (unpaired) electrons. The van der Waals surface area contributed by atoms with E-state index in [1.54, 1.807) is 24.3 Å². The Kier molecular flexibility index (Phi) is 5.15. The smallest absolute Gasteiger partial charge is 0.254 e. The summed E-state index contributed by atoms with van der Waals surface area (Å²) in [6, 6.07) is 12.0. The molecule has 0 saturated heterocycles. The van der Waals surface area contributed by atoms with Crippen LogP contribution in [0.3, 0.4) is 0 Å².